The Balaban J connectivity index is 1.77. The maximum absolute atomic E-state index is 12.1. The van der Waals surface area contributed by atoms with Gasteiger partial charge >= 0.3 is 5.97 Å². The topological polar surface area (TPSA) is 50.8 Å². The summed E-state index contributed by atoms with van der Waals surface area (Å²) in [4.78, 5) is 22.7. The first kappa shape index (κ1) is 19.9. The van der Waals surface area contributed by atoms with Gasteiger partial charge < -0.3 is 5.32 Å². The molecule has 5 nitrogen and oxygen atoms in total. The lowest BCUT2D eigenvalue weighted by atomic mass is 9.82. The molecule has 1 saturated heterocycles. The zero-order valence-corrected chi connectivity index (χ0v) is 16.2. The lowest BCUT2D eigenvalue weighted by molar-refractivity contribution is -0.450. The van der Waals surface area contributed by atoms with Crippen LogP contribution in [0.25, 0.3) is 0 Å². The first-order chi connectivity index (χ1) is 11.7. The fourth-order valence-electron chi connectivity index (χ4n) is 3.50. The minimum Gasteiger partial charge on any atom is -0.310 e. The summed E-state index contributed by atoms with van der Waals surface area (Å²) in [6.07, 6.45) is 3.45. The molecule has 5 heteroatoms. The Bertz CT molecular complexity index is 541. The van der Waals surface area contributed by atoms with Gasteiger partial charge in [-0.3, -0.25) is 4.89 Å². The highest BCUT2D eigenvalue weighted by molar-refractivity contribution is 5.69. The predicted molar refractivity (Wildman–Crippen MR) is 98.4 cm³/mol. The largest absolute Gasteiger partial charge is 0.346 e. The average molecular weight is 348 g/mol. The van der Waals surface area contributed by atoms with Crippen LogP contribution in [0.1, 0.15) is 65.9 Å². The molecule has 140 valence electrons. The van der Waals surface area contributed by atoms with Crippen LogP contribution in [0.15, 0.2) is 30.3 Å². The highest BCUT2D eigenvalue weighted by atomic mass is 17.3. The van der Waals surface area contributed by atoms with Crippen LogP contribution < -0.4 is 5.32 Å². The third kappa shape index (κ3) is 5.80. The molecule has 0 amide bonds. The van der Waals surface area contributed by atoms with Crippen LogP contribution in [0.5, 0.6) is 0 Å². The van der Waals surface area contributed by atoms with Crippen molar-refractivity contribution in [2.45, 2.75) is 84.0 Å². The molecule has 1 unspecified atom stereocenters. The van der Waals surface area contributed by atoms with Crippen molar-refractivity contribution in [1.82, 2.24) is 10.4 Å². The molecule has 0 spiro atoms. The number of hydroxylamine groups is 2. The van der Waals surface area contributed by atoms with Crippen molar-refractivity contribution in [1.29, 1.82) is 0 Å². The summed E-state index contributed by atoms with van der Waals surface area (Å²) in [7, 11) is 0. The number of carbonyl (C=O) groups excluding carboxylic acids is 1. The Kier molecular flexibility index (Phi) is 6.60. The molecule has 1 heterocycles. The predicted octanol–water partition coefficient (Wildman–Crippen LogP) is 3.99. The minimum atomic E-state index is -0.356. The molecule has 1 aromatic carbocycles. The Morgan fingerprint density at radius 3 is 2.36 bits per heavy atom. The van der Waals surface area contributed by atoms with E-state index in [4.69, 9.17) is 9.88 Å². The Morgan fingerprint density at radius 2 is 1.76 bits per heavy atom. The summed E-state index contributed by atoms with van der Waals surface area (Å²) >= 11 is 0. The number of hydrogen-bond acceptors (Lipinski definition) is 5. The van der Waals surface area contributed by atoms with Gasteiger partial charge in [0.1, 0.15) is 0 Å². The van der Waals surface area contributed by atoms with Crippen molar-refractivity contribution in [3.8, 4) is 0 Å². The molecule has 1 aromatic rings. The van der Waals surface area contributed by atoms with Crippen LogP contribution in [0.4, 0.5) is 0 Å². The monoisotopic (exact) mass is 348 g/mol. The van der Waals surface area contributed by atoms with E-state index in [1.807, 2.05) is 30.2 Å². The third-order valence-corrected chi connectivity index (χ3v) is 4.85. The second kappa shape index (κ2) is 8.30. The molecule has 1 atom stereocenters. The maximum Gasteiger partial charge on any atom is 0.346 e. The van der Waals surface area contributed by atoms with Crippen molar-refractivity contribution in [2.24, 2.45) is 0 Å². The van der Waals surface area contributed by atoms with Crippen molar-refractivity contribution >= 4 is 5.97 Å². The van der Waals surface area contributed by atoms with Gasteiger partial charge in [0.15, 0.2) is 0 Å². The molecule has 25 heavy (non-hydrogen) atoms. The van der Waals surface area contributed by atoms with Gasteiger partial charge in [-0.1, -0.05) is 35.3 Å². The van der Waals surface area contributed by atoms with E-state index in [0.29, 0.717) is 0 Å². The molecule has 0 aromatic heterocycles. The van der Waals surface area contributed by atoms with Crippen molar-refractivity contribution in [3.05, 3.63) is 35.9 Å². The molecule has 0 saturated carbocycles. The smallest absolute Gasteiger partial charge is 0.310 e. The van der Waals surface area contributed by atoms with Crippen LogP contribution in [-0.2, 0) is 21.2 Å². The number of benzene rings is 1. The van der Waals surface area contributed by atoms with E-state index in [1.165, 1.54) is 5.56 Å². The first-order valence-corrected chi connectivity index (χ1v) is 9.16. The number of carbonyl (C=O) groups is 1. The number of rotatable bonds is 7. The Morgan fingerprint density at radius 1 is 1.16 bits per heavy atom. The van der Waals surface area contributed by atoms with Crippen molar-refractivity contribution in [3.63, 3.8) is 0 Å². The maximum atomic E-state index is 12.1. The van der Waals surface area contributed by atoms with E-state index in [-0.39, 0.29) is 29.5 Å². The van der Waals surface area contributed by atoms with Crippen LogP contribution >= 0.6 is 0 Å². The molecule has 1 fully saturated rings. The molecule has 0 radical (unpaired) electrons. The molecular weight excluding hydrogens is 316 g/mol. The normalized spacial score (nSPS) is 20.8. The lowest BCUT2D eigenvalue weighted by Crippen LogP contribution is -2.58. The lowest BCUT2D eigenvalue weighted by Gasteiger charge is -2.49. The van der Waals surface area contributed by atoms with Gasteiger partial charge in [0.25, 0.3) is 0 Å². The van der Waals surface area contributed by atoms with Crippen molar-refractivity contribution < 1.29 is 14.7 Å². The third-order valence-electron chi connectivity index (χ3n) is 4.85. The van der Waals surface area contributed by atoms with Crippen LogP contribution in [0.2, 0.25) is 0 Å². The molecule has 1 aliphatic rings. The summed E-state index contributed by atoms with van der Waals surface area (Å²) in [5.41, 5.74) is 0.883. The van der Waals surface area contributed by atoms with E-state index in [2.05, 4.69) is 45.1 Å². The summed E-state index contributed by atoms with van der Waals surface area (Å²) in [6.45, 7) is 11.2. The minimum absolute atomic E-state index is 0.0127. The van der Waals surface area contributed by atoms with Gasteiger partial charge in [0.05, 0.1) is 6.42 Å². The molecular formula is C20H32N2O3. The fraction of sp³-hybridized carbons (Fsp3) is 0.650. The second-order valence-electron chi connectivity index (χ2n) is 8.27. The van der Waals surface area contributed by atoms with E-state index < -0.39 is 0 Å². The average Bonchev–Trinajstić information content (AvgIpc) is 2.52. The van der Waals surface area contributed by atoms with Gasteiger partial charge in [0.2, 0.25) is 0 Å². The molecule has 1 aliphatic heterocycles. The van der Waals surface area contributed by atoms with E-state index >= 15 is 0 Å². The Hall–Kier alpha value is -1.43. The number of hydrogen-bond donors (Lipinski definition) is 1. The summed E-state index contributed by atoms with van der Waals surface area (Å²) < 4.78 is 0. The zero-order chi connectivity index (χ0) is 18.5. The van der Waals surface area contributed by atoms with Crippen LogP contribution in [-0.4, -0.2) is 28.2 Å². The number of nitrogens with one attached hydrogen (secondary N) is 1. The molecule has 0 aliphatic carbocycles. The summed E-state index contributed by atoms with van der Waals surface area (Å²) in [5.74, 6) is -0.356. The quantitative estimate of drug-likeness (QED) is 0.596. The highest BCUT2D eigenvalue weighted by Crippen LogP contribution is 2.38. The number of nitrogens with zero attached hydrogens (tertiary/aromatic N) is 1. The summed E-state index contributed by atoms with van der Waals surface area (Å²) in [6, 6.07) is 10.1. The molecule has 1 N–H and O–H groups in total. The van der Waals surface area contributed by atoms with Gasteiger partial charge in [-0.25, -0.2) is 4.79 Å². The summed E-state index contributed by atoms with van der Waals surface area (Å²) in [5, 5.41) is 5.17. The van der Waals surface area contributed by atoms with Gasteiger partial charge in [0, 0.05) is 23.7 Å². The Labute approximate surface area is 151 Å². The van der Waals surface area contributed by atoms with E-state index in [1.54, 1.807) is 0 Å². The molecule has 0 bridgehead atoms. The zero-order valence-electron chi connectivity index (χ0n) is 16.2. The van der Waals surface area contributed by atoms with Crippen LogP contribution in [0, 0.1) is 0 Å². The SMILES string of the molecule is CC(CC(=O)OON1C(C)(C)CCCC1(C)C)NCc1ccccc1. The van der Waals surface area contributed by atoms with Gasteiger partial charge in [-0.2, -0.15) is 0 Å². The van der Waals surface area contributed by atoms with Gasteiger partial charge in [-0.05, 0) is 59.4 Å². The van der Waals surface area contributed by atoms with Crippen LogP contribution in [0.3, 0.4) is 0 Å². The fourth-order valence-corrected chi connectivity index (χ4v) is 3.50. The van der Waals surface area contributed by atoms with Crippen molar-refractivity contribution in [2.75, 3.05) is 0 Å². The second-order valence-corrected chi connectivity index (χ2v) is 8.27. The standard InChI is InChI=1S/C20H32N2O3/c1-16(21-15-17-10-7-6-8-11-17)14-18(23)24-25-22-19(2,3)12-9-13-20(22,4)5/h6-8,10-11,16,21H,9,12-15H2,1-5H3. The first-order valence-electron chi connectivity index (χ1n) is 9.16. The van der Waals surface area contributed by atoms with Gasteiger partial charge in [-0.15, -0.1) is 5.06 Å². The van der Waals surface area contributed by atoms with E-state index in [9.17, 15) is 4.79 Å². The van der Waals surface area contributed by atoms with E-state index in [0.717, 1.165) is 25.8 Å². The molecule has 2 rings (SSSR count). The number of piperidine rings is 1. The highest BCUT2D eigenvalue weighted by Gasteiger charge is 2.44.